The summed E-state index contributed by atoms with van der Waals surface area (Å²) in [5.41, 5.74) is 0.0595. The van der Waals surface area contributed by atoms with Crippen LogP contribution in [0.4, 0.5) is 10.2 Å². The first kappa shape index (κ1) is 26.0. The van der Waals surface area contributed by atoms with E-state index in [2.05, 4.69) is 11.6 Å². The number of anilines is 1. The molecule has 3 aromatic rings. The maximum Gasteiger partial charge on any atom is 0.350 e. The highest BCUT2D eigenvalue weighted by molar-refractivity contribution is 6.35. The monoisotopic (exact) mass is 541 g/mol. The molecular formula is C27H29ClFN5O4. The molecule has 2 aliphatic heterocycles. The van der Waals surface area contributed by atoms with Gasteiger partial charge in [0.2, 0.25) is 5.91 Å². The minimum absolute atomic E-state index is 0.0947. The standard InChI is InChI=1S/C27H29ClFN5O4/c1-5-21(36)32-9-10-33(15(2)12-32)26-17-11-18(28)22(23-19(29)7-6-8-20(23)35)25-24(17)34(27(37)30-26)16(14-38-25)13-31(3)4/h5-8,11,15-16,35H,1,9-10,12-14H2,2-4H3/t15-,16+/m0/s1. The summed E-state index contributed by atoms with van der Waals surface area (Å²) in [7, 11) is 3.80. The Bertz CT molecular complexity index is 1490. The molecule has 1 N–H and O–H groups in total. The van der Waals surface area contributed by atoms with E-state index in [-0.39, 0.29) is 52.2 Å². The summed E-state index contributed by atoms with van der Waals surface area (Å²) >= 11 is 6.77. The van der Waals surface area contributed by atoms with Crippen LogP contribution in [0, 0.1) is 5.82 Å². The van der Waals surface area contributed by atoms with Crippen LogP contribution in [0.5, 0.6) is 11.5 Å². The molecule has 0 spiro atoms. The molecule has 0 saturated carbocycles. The zero-order valence-corrected chi connectivity index (χ0v) is 22.2. The van der Waals surface area contributed by atoms with E-state index in [1.54, 1.807) is 15.5 Å². The first-order chi connectivity index (χ1) is 18.1. The van der Waals surface area contributed by atoms with Crippen molar-refractivity contribution in [3.05, 3.63) is 58.2 Å². The summed E-state index contributed by atoms with van der Waals surface area (Å²) in [4.78, 5) is 35.9. The van der Waals surface area contributed by atoms with Crippen molar-refractivity contribution < 1.29 is 19.0 Å². The van der Waals surface area contributed by atoms with E-state index in [0.29, 0.717) is 42.9 Å². The highest BCUT2D eigenvalue weighted by Gasteiger charge is 2.35. The second-order valence-corrected chi connectivity index (χ2v) is 10.3. The normalized spacial score (nSPS) is 19.1. The fourth-order valence-electron chi connectivity index (χ4n) is 5.43. The van der Waals surface area contributed by atoms with Crippen LogP contribution in [0.3, 0.4) is 0 Å². The predicted octanol–water partition coefficient (Wildman–Crippen LogP) is 3.28. The third-order valence-electron chi connectivity index (χ3n) is 7.09. The largest absolute Gasteiger partial charge is 0.507 e. The zero-order valence-electron chi connectivity index (χ0n) is 21.4. The lowest BCUT2D eigenvalue weighted by Crippen LogP contribution is -2.54. The first-order valence-corrected chi connectivity index (χ1v) is 12.7. The lowest BCUT2D eigenvalue weighted by molar-refractivity contribution is -0.126. The lowest BCUT2D eigenvalue weighted by atomic mass is 9.98. The molecule has 1 aromatic heterocycles. The van der Waals surface area contributed by atoms with Crippen LogP contribution in [0.2, 0.25) is 5.02 Å². The number of aromatic nitrogens is 2. The summed E-state index contributed by atoms with van der Waals surface area (Å²) < 4.78 is 22.8. The summed E-state index contributed by atoms with van der Waals surface area (Å²) in [6.45, 7) is 7.48. The smallest absolute Gasteiger partial charge is 0.350 e. The molecule has 0 unspecified atom stereocenters. The van der Waals surface area contributed by atoms with Crippen LogP contribution >= 0.6 is 11.6 Å². The Labute approximate surface area is 224 Å². The van der Waals surface area contributed by atoms with E-state index in [4.69, 9.17) is 16.3 Å². The highest BCUT2D eigenvalue weighted by Crippen LogP contribution is 2.49. The molecule has 11 heteroatoms. The number of amides is 1. The van der Waals surface area contributed by atoms with E-state index < -0.39 is 11.5 Å². The predicted molar refractivity (Wildman–Crippen MR) is 145 cm³/mol. The molecule has 1 fully saturated rings. The van der Waals surface area contributed by atoms with Crippen LogP contribution in [-0.2, 0) is 4.79 Å². The zero-order chi connectivity index (χ0) is 27.3. The molecule has 2 aromatic carbocycles. The van der Waals surface area contributed by atoms with E-state index in [9.17, 15) is 14.7 Å². The van der Waals surface area contributed by atoms with Gasteiger partial charge in [0, 0.05) is 37.6 Å². The van der Waals surface area contributed by atoms with E-state index in [1.165, 1.54) is 24.3 Å². The molecule has 3 heterocycles. The molecule has 5 rings (SSSR count). The van der Waals surface area contributed by atoms with Crippen LogP contribution in [-0.4, -0.2) is 83.3 Å². The number of phenols is 1. The maximum atomic E-state index is 15.0. The molecule has 0 aliphatic carbocycles. The van der Waals surface area contributed by atoms with E-state index in [0.717, 1.165) is 0 Å². The number of phenolic OH excluding ortho intramolecular Hbond substituents is 1. The molecule has 2 aliphatic rings. The number of halogens is 2. The fraction of sp³-hybridized carbons (Fsp3) is 0.370. The second kappa shape index (κ2) is 9.92. The van der Waals surface area contributed by atoms with Crippen LogP contribution in [0.1, 0.15) is 13.0 Å². The van der Waals surface area contributed by atoms with Gasteiger partial charge < -0.3 is 24.5 Å². The number of aromatic hydroxyl groups is 1. The SMILES string of the molecule is C=CC(=O)N1CCN(c2nc(=O)n3c4c(c(-c5c(O)cccc5F)c(Cl)cc24)OC[C@H]3CN(C)C)[C@@H](C)C1. The molecule has 38 heavy (non-hydrogen) atoms. The Morgan fingerprint density at radius 2 is 2.11 bits per heavy atom. The number of rotatable bonds is 5. The van der Waals surface area contributed by atoms with Gasteiger partial charge in [0.25, 0.3) is 0 Å². The van der Waals surface area contributed by atoms with Gasteiger partial charge in [-0.25, -0.2) is 9.18 Å². The van der Waals surface area contributed by atoms with Crippen molar-refractivity contribution in [1.82, 2.24) is 19.4 Å². The summed E-state index contributed by atoms with van der Waals surface area (Å²) in [6.07, 6.45) is 1.29. The Hall–Kier alpha value is -3.63. The Kier molecular flexibility index (Phi) is 6.79. The van der Waals surface area contributed by atoms with Crippen molar-refractivity contribution in [3.8, 4) is 22.6 Å². The number of benzene rings is 2. The number of likely N-dealkylation sites (N-methyl/N-ethyl adjacent to an activating group) is 1. The number of carbonyl (C=O) groups is 1. The maximum absolute atomic E-state index is 15.0. The van der Waals surface area contributed by atoms with Crippen molar-refractivity contribution >= 4 is 34.2 Å². The van der Waals surface area contributed by atoms with Crippen LogP contribution < -0.4 is 15.3 Å². The van der Waals surface area contributed by atoms with Gasteiger partial charge in [-0.15, -0.1) is 0 Å². The Morgan fingerprint density at radius 3 is 2.76 bits per heavy atom. The summed E-state index contributed by atoms with van der Waals surface area (Å²) in [5, 5.41) is 11.3. The van der Waals surface area contributed by atoms with Gasteiger partial charge in [-0.05, 0) is 45.3 Å². The van der Waals surface area contributed by atoms with Gasteiger partial charge in [-0.2, -0.15) is 4.98 Å². The van der Waals surface area contributed by atoms with Gasteiger partial charge in [-0.3, -0.25) is 9.36 Å². The molecule has 9 nitrogen and oxygen atoms in total. The summed E-state index contributed by atoms with van der Waals surface area (Å²) in [6, 6.07) is 5.15. The van der Waals surface area contributed by atoms with Crippen LogP contribution in [0.15, 0.2) is 41.7 Å². The molecule has 0 radical (unpaired) electrons. The number of piperazine rings is 1. The number of carbonyl (C=O) groups excluding carboxylic acids is 1. The molecule has 200 valence electrons. The highest BCUT2D eigenvalue weighted by atomic mass is 35.5. The number of ether oxygens (including phenoxy) is 1. The Balaban J connectivity index is 1.77. The summed E-state index contributed by atoms with van der Waals surface area (Å²) in [5.74, 6) is -0.473. The third-order valence-corrected chi connectivity index (χ3v) is 7.38. The van der Waals surface area contributed by atoms with Crippen LogP contribution in [0.25, 0.3) is 22.0 Å². The fourth-order valence-corrected chi connectivity index (χ4v) is 5.72. The first-order valence-electron chi connectivity index (χ1n) is 12.3. The molecule has 0 bridgehead atoms. The molecular weight excluding hydrogens is 513 g/mol. The van der Waals surface area contributed by atoms with Crippen molar-refractivity contribution in [2.24, 2.45) is 0 Å². The second-order valence-electron chi connectivity index (χ2n) is 9.94. The topological polar surface area (TPSA) is 91.1 Å². The van der Waals surface area contributed by atoms with E-state index in [1.807, 2.05) is 30.8 Å². The average molecular weight is 542 g/mol. The van der Waals surface area contributed by atoms with Crippen molar-refractivity contribution in [3.63, 3.8) is 0 Å². The van der Waals surface area contributed by atoms with Gasteiger partial charge >= 0.3 is 5.69 Å². The van der Waals surface area contributed by atoms with Crippen molar-refractivity contribution in [2.45, 2.75) is 19.0 Å². The van der Waals surface area contributed by atoms with E-state index >= 15 is 4.39 Å². The molecule has 2 atom stereocenters. The van der Waals surface area contributed by atoms with Gasteiger partial charge in [0.15, 0.2) is 5.75 Å². The minimum atomic E-state index is -0.665. The average Bonchev–Trinajstić information content (AvgIpc) is 2.87. The third kappa shape index (κ3) is 4.27. The van der Waals surface area contributed by atoms with Gasteiger partial charge in [-0.1, -0.05) is 24.2 Å². The quantitative estimate of drug-likeness (QED) is 0.496. The number of nitrogens with zero attached hydrogens (tertiary/aromatic N) is 5. The number of hydrogen-bond acceptors (Lipinski definition) is 7. The minimum Gasteiger partial charge on any atom is -0.507 e. The van der Waals surface area contributed by atoms with Gasteiger partial charge in [0.1, 0.15) is 24.0 Å². The van der Waals surface area contributed by atoms with Crippen molar-refractivity contribution in [1.29, 1.82) is 0 Å². The lowest BCUT2D eigenvalue weighted by Gasteiger charge is -2.41. The van der Waals surface area contributed by atoms with Gasteiger partial charge in [0.05, 0.1) is 27.7 Å². The number of hydrogen-bond donors (Lipinski definition) is 1. The Morgan fingerprint density at radius 1 is 1.34 bits per heavy atom. The molecule has 1 saturated heterocycles. The van der Waals surface area contributed by atoms with Crippen molar-refractivity contribution in [2.75, 3.05) is 51.8 Å². The molecule has 1 amide bonds.